The fraction of sp³-hybridized carbons (Fsp3) is 0.250. The van der Waals surface area contributed by atoms with E-state index in [1.807, 2.05) is 12.1 Å². The number of benzene rings is 1. The van der Waals surface area contributed by atoms with Crippen molar-refractivity contribution in [3.05, 3.63) is 60.2 Å². The molecular formula is C20H20N4O5S. The molecule has 0 unspecified atom stereocenters. The zero-order valence-electron chi connectivity index (χ0n) is 16.1. The zero-order valence-corrected chi connectivity index (χ0v) is 17.0. The number of pyridine rings is 1. The van der Waals surface area contributed by atoms with E-state index in [1.165, 1.54) is 10.5 Å². The summed E-state index contributed by atoms with van der Waals surface area (Å²) in [4.78, 5) is 30.5. The number of likely N-dealkylation sites (tertiary alicyclic amines) is 1. The lowest BCUT2D eigenvalue weighted by Crippen LogP contribution is -2.44. The molecule has 1 aromatic carbocycles. The molecule has 9 nitrogen and oxygen atoms in total. The number of aliphatic carboxylic acids is 2. The molecule has 0 radical (unpaired) electrons. The Hall–Kier alpha value is -3.24. The van der Waals surface area contributed by atoms with Crippen LogP contribution in [0.2, 0.25) is 0 Å². The quantitative estimate of drug-likeness (QED) is 0.462. The summed E-state index contributed by atoms with van der Waals surface area (Å²) in [5.74, 6) is -1.98. The number of carboxylic acids is 2. The van der Waals surface area contributed by atoms with Gasteiger partial charge in [0.15, 0.2) is 0 Å². The van der Waals surface area contributed by atoms with Gasteiger partial charge in [0.25, 0.3) is 0 Å². The molecule has 156 valence electrons. The zero-order chi connectivity index (χ0) is 21.5. The highest BCUT2D eigenvalue weighted by Gasteiger charge is 2.32. The molecule has 10 heteroatoms. The Morgan fingerprint density at radius 1 is 1.17 bits per heavy atom. The van der Waals surface area contributed by atoms with Crippen LogP contribution < -0.4 is 0 Å². The molecule has 1 fully saturated rings. The number of nitrogens with zero attached hydrogens (tertiary/aromatic N) is 4. The van der Waals surface area contributed by atoms with Gasteiger partial charge in [-0.3, -0.25) is 9.88 Å². The third-order valence-corrected chi connectivity index (χ3v) is 5.16. The van der Waals surface area contributed by atoms with Crippen molar-refractivity contribution < 1.29 is 24.3 Å². The minimum absolute atomic E-state index is 0.327. The van der Waals surface area contributed by atoms with Gasteiger partial charge in [-0.1, -0.05) is 17.3 Å². The molecule has 0 amide bonds. The highest BCUT2D eigenvalue weighted by atomic mass is 32.2. The van der Waals surface area contributed by atoms with E-state index in [0.29, 0.717) is 11.7 Å². The first kappa shape index (κ1) is 21.5. The summed E-state index contributed by atoms with van der Waals surface area (Å²) in [6.45, 7) is 2.88. The van der Waals surface area contributed by atoms with Gasteiger partial charge in [-0.15, -0.1) is 11.8 Å². The number of hydrogen-bond donors (Lipinski definition) is 2. The van der Waals surface area contributed by atoms with Crippen LogP contribution >= 0.6 is 11.8 Å². The minimum atomic E-state index is -1.82. The van der Waals surface area contributed by atoms with Gasteiger partial charge >= 0.3 is 11.9 Å². The van der Waals surface area contributed by atoms with E-state index >= 15 is 0 Å². The molecule has 4 rings (SSSR count). The maximum atomic E-state index is 9.10. The van der Waals surface area contributed by atoms with E-state index in [9.17, 15) is 0 Å². The van der Waals surface area contributed by atoms with Gasteiger partial charge in [0.2, 0.25) is 11.7 Å². The Labute approximate surface area is 176 Å². The van der Waals surface area contributed by atoms with Crippen LogP contribution in [0, 0.1) is 0 Å². The number of thioether (sulfide) groups is 1. The molecule has 1 saturated heterocycles. The van der Waals surface area contributed by atoms with Gasteiger partial charge in [-0.05, 0) is 36.1 Å². The second-order valence-electron chi connectivity index (χ2n) is 6.55. The number of carbonyl (C=O) groups is 2. The van der Waals surface area contributed by atoms with Crippen molar-refractivity contribution in [1.29, 1.82) is 0 Å². The van der Waals surface area contributed by atoms with E-state index in [2.05, 4.69) is 50.5 Å². The van der Waals surface area contributed by atoms with Crippen molar-refractivity contribution in [2.75, 3.05) is 19.3 Å². The molecule has 0 aliphatic carbocycles. The lowest BCUT2D eigenvalue weighted by atomic mass is 9.99. The average Bonchev–Trinajstić information content (AvgIpc) is 3.21. The van der Waals surface area contributed by atoms with Gasteiger partial charge in [0.05, 0.1) is 5.92 Å². The van der Waals surface area contributed by atoms with Crippen LogP contribution in [0.1, 0.15) is 17.4 Å². The third-order valence-electron chi connectivity index (χ3n) is 4.42. The summed E-state index contributed by atoms with van der Waals surface area (Å²) in [5, 5.41) is 18.9. The molecule has 3 heterocycles. The molecule has 1 aliphatic heterocycles. The molecule has 0 saturated carbocycles. The van der Waals surface area contributed by atoms with Crippen molar-refractivity contribution in [3.8, 4) is 11.4 Å². The summed E-state index contributed by atoms with van der Waals surface area (Å²) < 4.78 is 5.43. The number of aromatic nitrogens is 3. The van der Waals surface area contributed by atoms with Crippen LogP contribution in [-0.2, 0) is 16.1 Å². The first-order valence-corrected chi connectivity index (χ1v) is 10.2. The van der Waals surface area contributed by atoms with Crippen molar-refractivity contribution in [2.45, 2.75) is 17.4 Å². The van der Waals surface area contributed by atoms with Crippen molar-refractivity contribution in [3.63, 3.8) is 0 Å². The van der Waals surface area contributed by atoms with Gasteiger partial charge in [-0.25, -0.2) is 9.59 Å². The highest BCUT2D eigenvalue weighted by Crippen LogP contribution is 2.29. The highest BCUT2D eigenvalue weighted by molar-refractivity contribution is 7.98. The van der Waals surface area contributed by atoms with Crippen LogP contribution in [0.4, 0.5) is 0 Å². The number of rotatable bonds is 5. The summed E-state index contributed by atoms with van der Waals surface area (Å²) in [7, 11) is 0. The molecule has 2 aromatic heterocycles. The van der Waals surface area contributed by atoms with Crippen LogP contribution in [0.15, 0.2) is 58.2 Å². The largest absolute Gasteiger partial charge is 0.473 e. The second kappa shape index (κ2) is 9.99. The monoisotopic (exact) mass is 428 g/mol. The predicted octanol–water partition coefficient (Wildman–Crippen LogP) is 2.61. The van der Waals surface area contributed by atoms with Crippen LogP contribution in [0.3, 0.4) is 0 Å². The summed E-state index contributed by atoms with van der Waals surface area (Å²) in [6, 6.07) is 12.6. The lowest BCUT2D eigenvalue weighted by Gasteiger charge is -2.37. The van der Waals surface area contributed by atoms with E-state index < -0.39 is 11.9 Å². The Morgan fingerprint density at radius 2 is 1.87 bits per heavy atom. The van der Waals surface area contributed by atoms with Crippen molar-refractivity contribution in [1.82, 2.24) is 20.0 Å². The Bertz CT molecular complexity index is 976. The van der Waals surface area contributed by atoms with Crippen LogP contribution in [0.5, 0.6) is 0 Å². The first-order valence-electron chi connectivity index (χ1n) is 9.01. The van der Waals surface area contributed by atoms with Crippen molar-refractivity contribution in [2.24, 2.45) is 0 Å². The minimum Gasteiger partial charge on any atom is -0.473 e. The Morgan fingerprint density at radius 3 is 2.43 bits per heavy atom. The summed E-state index contributed by atoms with van der Waals surface area (Å²) >= 11 is 1.77. The lowest BCUT2D eigenvalue weighted by molar-refractivity contribution is -0.159. The maximum absolute atomic E-state index is 9.10. The number of hydrogen-bond acceptors (Lipinski definition) is 8. The standard InChI is InChI=1S/C18H18N4OS.C2H2O4/c1-24-16-6-4-13(5-7-16)10-22-11-15(12-22)18-20-17(21-23-18)14-3-2-8-19-9-14;3-1(4)2(5)6/h2-9,15H,10-12H2,1H3;(H,3,4)(H,5,6). The topological polar surface area (TPSA) is 130 Å². The van der Waals surface area contributed by atoms with Crippen molar-refractivity contribution >= 4 is 23.7 Å². The van der Waals surface area contributed by atoms with E-state index in [1.54, 1.807) is 24.2 Å². The van der Waals surface area contributed by atoms with Gasteiger partial charge in [0.1, 0.15) is 0 Å². The van der Waals surface area contributed by atoms with Gasteiger partial charge in [-0.2, -0.15) is 4.98 Å². The Balaban J connectivity index is 0.000000377. The van der Waals surface area contributed by atoms with E-state index in [4.69, 9.17) is 24.3 Å². The molecule has 3 aromatic rings. The molecule has 1 aliphatic rings. The van der Waals surface area contributed by atoms with Gasteiger partial charge in [0, 0.05) is 42.5 Å². The second-order valence-corrected chi connectivity index (χ2v) is 7.43. The molecule has 30 heavy (non-hydrogen) atoms. The first-order chi connectivity index (χ1) is 14.5. The molecular weight excluding hydrogens is 408 g/mol. The number of carboxylic acid groups (broad SMARTS) is 2. The van der Waals surface area contributed by atoms with Crippen LogP contribution in [0.25, 0.3) is 11.4 Å². The predicted molar refractivity (Wildman–Crippen MR) is 109 cm³/mol. The van der Waals surface area contributed by atoms with Crippen LogP contribution in [-0.4, -0.2) is 61.5 Å². The molecule has 0 bridgehead atoms. The molecule has 0 atom stereocenters. The normalized spacial score (nSPS) is 13.8. The van der Waals surface area contributed by atoms with E-state index in [-0.39, 0.29) is 0 Å². The fourth-order valence-electron chi connectivity index (χ4n) is 2.86. The summed E-state index contributed by atoms with van der Waals surface area (Å²) in [6.07, 6.45) is 5.58. The summed E-state index contributed by atoms with van der Waals surface area (Å²) in [5.41, 5.74) is 2.23. The smallest absolute Gasteiger partial charge is 0.414 e. The maximum Gasteiger partial charge on any atom is 0.414 e. The third kappa shape index (κ3) is 5.65. The average molecular weight is 428 g/mol. The molecule has 2 N–H and O–H groups in total. The SMILES string of the molecule is CSc1ccc(CN2CC(c3nc(-c4cccnc4)no3)C2)cc1.O=C(O)C(=O)O. The molecule has 0 spiro atoms. The van der Waals surface area contributed by atoms with E-state index in [0.717, 1.165) is 31.1 Å². The Kier molecular flexibility index (Phi) is 7.15. The fourth-order valence-corrected chi connectivity index (χ4v) is 3.27. The van der Waals surface area contributed by atoms with Gasteiger partial charge < -0.3 is 14.7 Å².